The van der Waals surface area contributed by atoms with Gasteiger partial charge in [0.25, 0.3) is 5.56 Å². The van der Waals surface area contributed by atoms with E-state index >= 15 is 0 Å². The van der Waals surface area contributed by atoms with Gasteiger partial charge in [-0.25, -0.2) is 15.0 Å². The fourth-order valence-electron chi connectivity index (χ4n) is 1.87. The van der Waals surface area contributed by atoms with Gasteiger partial charge in [0, 0.05) is 5.56 Å². The van der Waals surface area contributed by atoms with Crippen molar-refractivity contribution in [3.63, 3.8) is 0 Å². The van der Waals surface area contributed by atoms with E-state index < -0.39 is 23.0 Å². The minimum Gasteiger partial charge on any atom is -0.340 e. The van der Waals surface area contributed by atoms with Gasteiger partial charge in [-0.2, -0.15) is 17.9 Å². The Morgan fingerprint density at radius 3 is 2.65 bits per heavy atom. The molecule has 0 spiro atoms. The van der Waals surface area contributed by atoms with Gasteiger partial charge in [-0.15, -0.1) is 0 Å². The first-order valence-electron chi connectivity index (χ1n) is 5.43. The topological polar surface area (TPSA) is 92.2 Å². The summed E-state index contributed by atoms with van der Waals surface area (Å²) >= 11 is 0. The minimum atomic E-state index is -4.64. The number of hydrogen-bond acceptors (Lipinski definition) is 4. The lowest BCUT2D eigenvalue weighted by Crippen LogP contribution is -2.17. The van der Waals surface area contributed by atoms with Crippen molar-refractivity contribution >= 4 is 11.2 Å². The zero-order valence-electron chi connectivity index (χ0n) is 9.99. The van der Waals surface area contributed by atoms with Gasteiger partial charge in [0.15, 0.2) is 11.5 Å². The highest BCUT2D eigenvalue weighted by atomic mass is 19.4. The lowest BCUT2D eigenvalue weighted by molar-refractivity contribution is -0.141. The summed E-state index contributed by atoms with van der Waals surface area (Å²) in [5.41, 5.74) is -1.84. The molecule has 0 saturated carbocycles. The number of aromatic nitrogens is 6. The van der Waals surface area contributed by atoms with Gasteiger partial charge >= 0.3 is 6.18 Å². The van der Waals surface area contributed by atoms with Crippen molar-refractivity contribution in [1.29, 1.82) is 0 Å². The normalized spacial score (nSPS) is 12.2. The maximum atomic E-state index is 12.8. The predicted octanol–water partition coefficient (Wildman–Crippen LogP) is 1.16. The summed E-state index contributed by atoms with van der Waals surface area (Å²) < 4.78 is 39.0. The number of hydrogen-bond donors (Lipinski definition) is 2. The molecule has 3 heterocycles. The number of halogens is 3. The van der Waals surface area contributed by atoms with Crippen molar-refractivity contribution in [3.8, 4) is 5.82 Å². The molecule has 0 aliphatic rings. The van der Waals surface area contributed by atoms with E-state index in [0.29, 0.717) is 0 Å². The van der Waals surface area contributed by atoms with Crippen LogP contribution in [0.5, 0.6) is 0 Å². The van der Waals surface area contributed by atoms with E-state index in [4.69, 9.17) is 0 Å². The molecule has 3 aromatic rings. The van der Waals surface area contributed by atoms with Crippen LogP contribution < -0.4 is 5.56 Å². The van der Waals surface area contributed by atoms with E-state index in [1.165, 1.54) is 6.33 Å². The minimum absolute atomic E-state index is 0.0175. The van der Waals surface area contributed by atoms with Crippen LogP contribution in [0.2, 0.25) is 0 Å². The number of nitrogens with one attached hydrogen (secondary N) is 2. The van der Waals surface area contributed by atoms with Crippen LogP contribution in [0, 0.1) is 6.92 Å². The van der Waals surface area contributed by atoms with Crippen LogP contribution in [-0.2, 0) is 6.18 Å². The molecule has 7 nitrogen and oxygen atoms in total. The van der Waals surface area contributed by atoms with Crippen molar-refractivity contribution in [1.82, 2.24) is 29.7 Å². The molecule has 3 rings (SSSR count). The molecule has 104 valence electrons. The number of alkyl halides is 3. The highest BCUT2D eigenvalue weighted by Gasteiger charge is 2.36. The van der Waals surface area contributed by atoms with Crippen molar-refractivity contribution in [2.45, 2.75) is 13.1 Å². The quantitative estimate of drug-likeness (QED) is 0.701. The van der Waals surface area contributed by atoms with Crippen molar-refractivity contribution in [2.75, 3.05) is 0 Å². The summed E-state index contributed by atoms with van der Waals surface area (Å²) in [5, 5.41) is 2.03. The Kier molecular flexibility index (Phi) is 2.43. The lowest BCUT2D eigenvalue weighted by atomic mass is 10.3. The first-order valence-corrected chi connectivity index (χ1v) is 5.43. The second-order valence-electron chi connectivity index (χ2n) is 4.05. The van der Waals surface area contributed by atoms with Gasteiger partial charge < -0.3 is 4.98 Å². The molecule has 0 amide bonds. The number of aromatic amines is 2. The summed E-state index contributed by atoms with van der Waals surface area (Å²) in [6.07, 6.45) is -2.21. The Bertz CT molecular complexity index is 843. The average Bonchev–Trinajstić information content (AvgIpc) is 2.95. The highest BCUT2D eigenvalue weighted by Crippen LogP contribution is 2.29. The van der Waals surface area contributed by atoms with Gasteiger partial charge in [-0.1, -0.05) is 0 Å². The van der Waals surface area contributed by atoms with Crippen molar-refractivity contribution in [2.24, 2.45) is 0 Å². The summed E-state index contributed by atoms with van der Waals surface area (Å²) in [7, 11) is 0. The van der Waals surface area contributed by atoms with Gasteiger partial charge in [0.1, 0.15) is 17.5 Å². The molecular formula is C10H7F3N6O. The molecule has 0 radical (unpaired) electrons. The fourth-order valence-corrected chi connectivity index (χ4v) is 1.87. The molecular weight excluding hydrogens is 277 g/mol. The molecule has 2 N–H and O–H groups in total. The van der Waals surface area contributed by atoms with Crippen LogP contribution in [0.25, 0.3) is 17.0 Å². The Morgan fingerprint density at radius 1 is 1.25 bits per heavy atom. The van der Waals surface area contributed by atoms with Crippen LogP contribution in [0.1, 0.15) is 11.3 Å². The maximum Gasteiger partial charge on any atom is 0.433 e. The zero-order chi connectivity index (χ0) is 14.5. The van der Waals surface area contributed by atoms with Crippen LogP contribution in [0.15, 0.2) is 17.4 Å². The summed E-state index contributed by atoms with van der Waals surface area (Å²) in [5.74, 6) is -0.0175. The third-order valence-corrected chi connectivity index (χ3v) is 2.82. The maximum absolute atomic E-state index is 12.8. The smallest absolute Gasteiger partial charge is 0.340 e. The Balaban J connectivity index is 2.31. The standard InChI is InChI=1S/C10H7F3N6O/c1-4-6(10(11,12)13)18-19(9(4)20)8-5-7(15-2-14-5)16-3-17-8/h2-3,18H,1H3,(H,14,15,16,17). The van der Waals surface area contributed by atoms with E-state index in [1.54, 1.807) is 0 Å². The number of H-pyrrole nitrogens is 2. The second-order valence-corrected chi connectivity index (χ2v) is 4.05. The van der Waals surface area contributed by atoms with E-state index in [1.807, 2.05) is 5.10 Å². The highest BCUT2D eigenvalue weighted by molar-refractivity contribution is 5.77. The van der Waals surface area contributed by atoms with Gasteiger partial charge in [0.05, 0.1) is 6.33 Å². The fraction of sp³-hybridized carbons (Fsp3) is 0.200. The van der Waals surface area contributed by atoms with Crippen LogP contribution in [0.4, 0.5) is 13.2 Å². The first-order chi connectivity index (χ1) is 9.39. The average molecular weight is 284 g/mol. The molecule has 0 aliphatic carbocycles. The molecule has 0 aromatic carbocycles. The first kappa shape index (κ1) is 12.4. The van der Waals surface area contributed by atoms with E-state index in [0.717, 1.165) is 17.9 Å². The number of nitrogens with zero attached hydrogens (tertiary/aromatic N) is 4. The van der Waals surface area contributed by atoms with Gasteiger partial charge in [-0.05, 0) is 6.92 Å². The third kappa shape index (κ3) is 1.68. The predicted molar refractivity (Wildman–Crippen MR) is 61.4 cm³/mol. The van der Waals surface area contributed by atoms with Gasteiger partial charge in [-0.3, -0.25) is 9.89 Å². The lowest BCUT2D eigenvalue weighted by Gasteiger charge is -2.04. The summed E-state index contributed by atoms with van der Waals surface area (Å²) in [6, 6.07) is 0. The van der Waals surface area contributed by atoms with E-state index in [9.17, 15) is 18.0 Å². The Morgan fingerprint density at radius 2 is 2.00 bits per heavy atom. The summed E-state index contributed by atoms with van der Waals surface area (Å²) in [6.45, 7) is 1.10. The molecule has 20 heavy (non-hydrogen) atoms. The summed E-state index contributed by atoms with van der Waals surface area (Å²) in [4.78, 5) is 26.1. The molecule has 0 bridgehead atoms. The van der Waals surface area contributed by atoms with E-state index in [-0.39, 0.29) is 17.0 Å². The second kappa shape index (κ2) is 3.92. The molecule has 0 saturated heterocycles. The molecule has 3 aromatic heterocycles. The van der Waals surface area contributed by atoms with Crippen LogP contribution in [-0.4, -0.2) is 29.7 Å². The zero-order valence-corrected chi connectivity index (χ0v) is 9.99. The molecule has 0 unspecified atom stereocenters. The number of imidazole rings is 1. The van der Waals surface area contributed by atoms with E-state index in [2.05, 4.69) is 19.9 Å². The largest absolute Gasteiger partial charge is 0.433 e. The molecule has 0 aliphatic heterocycles. The Hall–Kier alpha value is -2.65. The van der Waals surface area contributed by atoms with Crippen molar-refractivity contribution in [3.05, 3.63) is 34.3 Å². The number of rotatable bonds is 1. The molecule has 0 fully saturated rings. The SMILES string of the molecule is Cc1c(C(F)(F)F)[nH]n(-c2ncnc3nc[nH]c23)c1=O. The molecule has 0 atom stereocenters. The van der Waals surface area contributed by atoms with Gasteiger partial charge in [0.2, 0.25) is 0 Å². The monoisotopic (exact) mass is 284 g/mol. The van der Waals surface area contributed by atoms with Crippen molar-refractivity contribution < 1.29 is 13.2 Å². The Labute approximate surface area is 108 Å². The number of fused-ring (bicyclic) bond motifs is 1. The van der Waals surface area contributed by atoms with Crippen LogP contribution >= 0.6 is 0 Å². The van der Waals surface area contributed by atoms with Crippen LogP contribution in [0.3, 0.4) is 0 Å². The third-order valence-electron chi connectivity index (χ3n) is 2.82. The molecule has 10 heteroatoms.